The number of pyridine rings is 1. The average Bonchev–Trinajstić information content (AvgIpc) is 2.23. The average molecular weight is 185 g/mol. The number of hydrogen-bond donors (Lipinski definition) is 0. The highest BCUT2D eigenvalue weighted by Gasteiger charge is 2.03. The molecule has 0 aliphatic rings. The molecular formula is C11H11N3. The molecule has 0 spiro atoms. The van der Waals surface area contributed by atoms with Crippen LogP contribution in [0.15, 0.2) is 30.7 Å². The Balaban J connectivity index is 2.57. The maximum absolute atomic E-state index is 4.45. The Hall–Kier alpha value is -1.77. The summed E-state index contributed by atoms with van der Waals surface area (Å²) < 4.78 is 0. The van der Waals surface area contributed by atoms with Gasteiger partial charge in [-0.2, -0.15) is 0 Å². The second-order valence-electron chi connectivity index (χ2n) is 3.18. The third kappa shape index (κ3) is 1.62. The summed E-state index contributed by atoms with van der Waals surface area (Å²) in [5, 5.41) is 0. The van der Waals surface area contributed by atoms with E-state index in [4.69, 9.17) is 0 Å². The lowest BCUT2D eigenvalue weighted by Gasteiger charge is -2.04. The van der Waals surface area contributed by atoms with Crippen LogP contribution in [-0.2, 0) is 0 Å². The molecule has 0 bridgehead atoms. The highest BCUT2D eigenvalue weighted by atomic mass is 14.8. The first-order valence-electron chi connectivity index (χ1n) is 4.48. The maximum Gasteiger partial charge on any atom is 0.0918 e. The van der Waals surface area contributed by atoms with Crippen molar-refractivity contribution in [1.29, 1.82) is 0 Å². The Morgan fingerprint density at radius 1 is 1.07 bits per heavy atom. The predicted molar refractivity (Wildman–Crippen MR) is 54.7 cm³/mol. The Kier molecular flexibility index (Phi) is 2.23. The van der Waals surface area contributed by atoms with E-state index in [-0.39, 0.29) is 0 Å². The van der Waals surface area contributed by atoms with E-state index in [9.17, 15) is 0 Å². The third-order valence-electron chi connectivity index (χ3n) is 2.03. The quantitative estimate of drug-likeness (QED) is 0.683. The van der Waals surface area contributed by atoms with Gasteiger partial charge in [0, 0.05) is 24.2 Å². The van der Waals surface area contributed by atoms with E-state index in [2.05, 4.69) is 15.0 Å². The zero-order valence-electron chi connectivity index (χ0n) is 8.23. The van der Waals surface area contributed by atoms with Gasteiger partial charge in [-0.1, -0.05) is 0 Å². The van der Waals surface area contributed by atoms with Gasteiger partial charge >= 0.3 is 0 Å². The molecule has 0 fully saturated rings. The topological polar surface area (TPSA) is 38.7 Å². The normalized spacial score (nSPS) is 10.1. The Morgan fingerprint density at radius 2 is 1.79 bits per heavy atom. The van der Waals surface area contributed by atoms with Gasteiger partial charge in [0.25, 0.3) is 0 Å². The monoisotopic (exact) mass is 185 g/mol. The van der Waals surface area contributed by atoms with Crippen LogP contribution in [-0.4, -0.2) is 15.0 Å². The fourth-order valence-corrected chi connectivity index (χ4v) is 1.32. The summed E-state index contributed by atoms with van der Waals surface area (Å²) in [7, 11) is 0. The highest BCUT2D eigenvalue weighted by molar-refractivity contribution is 5.60. The van der Waals surface area contributed by atoms with E-state index in [1.807, 2.05) is 26.0 Å². The largest absolute Gasteiger partial charge is 0.265 e. The molecule has 3 nitrogen and oxygen atoms in total. The van der Waals surface area contributed by atoms with Crippen LogP contribution >= 0.6 is 0 Å². The summed E-state index contributed by atoms with van der Waals surface area (Å²) in [6, 6.07) is 3.88. The molecule has 70 valence electrons. The number of nitrogens with zero attached hydrogens (tertiary/aromatic N) is 3. The number of aryl methyl sites for hydroxylation is 2. The zero-order valence-corrected chi connectivity index (χ0v) is 8.23. The molecule has 3 heteroatoms. The zero-order chi connectivity index (χ0) is 9.97. The standard InChI is InChI=1S/C11H11N3/c1-8-7-13-9(2)11(14-8)10-3-5-12-6-4-10/h3-7H,1-2H3. The van der Waals surface area contributed by atoms with Gasteiger partial charge in [0.2, 0.25) is 0 Å². The SMILES string of the molecule is Cc1cnc(C)c(-c2ccncc2)n1. The minimum absolute atomic E-state index is 0.933. The van der Waals surface area contributed by atoms with Crippen LogP contribution in [0, 0.1) is 13.8 Å². The molecule has 2 aromatic heterocycles. The summed E-state index contributed by atoms with van der Waals surface area (Å²) in [5.74, 6) is 0. The van der Waals surface area contributed by atoms with Crippen molar-refractivity contribution in [3.63, 3.8) is 0 Å². The fraction of sp³-hybridized carbons (Fsp3) is 0.182. The van der Waals surface area contributed by atoms with Crippen molar-refractivity contribution >= 4 is 0 Å². The van der Waals surface area contributed by atoms with E-state index in [1.54, 1.807) is 18.6 Å². The maximum atomic E-state index is 4.45. The molecule has 0 aliphatic carbocycles. The molecule has 0 radical (unpaired) electrons. The second-order valence-corrected chi connectivity index (χ2v) is 3.18. The van der Waals surface area contributed by atoms with Crippen molar-refractivity contribution in [2.24, 2.45) is 0 Å². The molecule has 2 rings (SSSR count). The molecule has 0 unspecified atom stereocenters. The fourth-order valence-electron chi connectivity index (χ4n) is 1.32. The smallest absolute Gasteiger partial charge is 0.0918 e. The highest BCUT2D eigenvalue weighted by Crippen LogP contribution is 2.18. The van der Waals surface area contributed by atoms with Crippen molar-refractivity contribution in [3.8, 4) is 11.3 Å². The molecule has 0 N–H and O–H groups in total. The van der Waals surface area contributed by atoms with E-state index in [0.717, 1.165) is 22.6 Å². The van der Waals surface area contributed by atoms with Crippen LogP contribution in [0.25, 0.3) is 11.3 Å². The third-order valence-corrected chi connectivity index (χ3v) is 2.03. The molecule has 0 aromatic carbocycles. The van der Waals surface area contributed by atoms with E-state index < -0.39 is 0 Å². The molecule has 0 aliphatic heterocycles. The van der Waals surface area contributed by atoms with Gasteiger partial charge in [-0.05, 0) is 26.0 Å². The summed E-state index contributed by atoms with van der Waals surface area (Å²) in [6.45, 7) is 3.90. The lowest BCUT2D eigenvalue weighted by molar-refractivity contribution is 1.07. The Morgan fingerprint density at radius 3 is 2.50 bits per heavy atom. The van der Waals surface area contributed by atoms with E-state index >= 15 is 0 Å². The van der Waals surface area contributed by atoms with Gasteiger partial charge in [-0.3, -0.25) is 9.97 Å². The number of hydrogen-bond acceptors (Lipinski definition) is 3. The lowest BCUT2D eigenvalue weighted by Crippen LogP contribution is -1.94. The van der Waals surface area contributed by atoms with Crippen LogP contribution in [0.5, 0.6) is 0 Å². The second kappa shape index (κ2) is 3.54. The number of rotatable bonds is 1. The molecular weight excluding hydrogens is 174 g/mol. The van der Waals surface area contributed by atoms with Crippen LogP contribution in [0.4, 0.5) is 0 Å². The van der Waals surface area contributed by atoms with Gasteiger partial charge in [0.05, 0.1) is 17.1 Å². The van der Waals surface area contributed by atoms with Crippen LogP contribution < -0.4 is 0 Å². The van der Waals surface area contributed by atoms with Gasteiger partial charge in [-0.25, -0.2) is 4.98 Å². The summed E-state index contributed by atoms with van der Waals surface area (Å²) in [5.41, 5.74) is 3.88. The molecule has 0 saturated heterocycles. The minimum atomic E-state index is 0.933. The summed E-state index contributed by atoms with van der Waals surface area (Å²) in [4.78, 5) is 12.7. The Bertz CT molecular complexity index is 438. The van der Waals surface area contributed by atoms with Crippen molar-refractivity contribution in [1.82, 2.24) is 15.0 Å². The van der Waals surface area contributed by atoms with Crippen molar-refractivity contribution in [2.45, 2.75) is 13.8 Å². The van der Waals surface area contributed by atoms with Gasteiger partial charge in [-0.15, -0.1) is 0 Å². The molecule has 2 heterocycles. The van der Waals surface area contributed by atoms with E-state index in [0.29, 0.717) is 0 Å². The first-order chi connectivity index (χ1) is 6.77. The van der Waals surface area contributed by atoms with Crippen LogP contribution in [0.2, 0.25) is 0 Å². The number of aromatic nitrogens is 3. The first kappa shape index (κ1) is 8.81. The van der Waals surface area contributed by atoms with Crippen molar-refractivity contribution in [2.75, 3.05) is 0 Å². The van der Waals surface area contributed by atoms with Crippen molar-refractivity contribution < 1.29 is 0 Å². The van der Waals surface area contributed by atoms with Crippen LogP contribution in [0.1, 0.15) is 11.4 Å². The predicted octanol–water partition coefficient (Wildman–Crippen LogP) is 2.16. The van der Waals surface area contributed by atoms with E-state index in [1.165, 1.54) is 0 Å². The molecule has 2 aromatic rings. The van der Waals surface area contributed by atoms with Gasteiger partial charge < -0.3 is 0 Å². The van der Waals surface area contributed by atoms with Crippen molar-refractivity contribution in [3.05, 3.63) is 42.1 Å². The minimum Gasteiger partial charge on any atom is -0.265 e. The molecule has 0 atom stereocenters. The summed E-state index contributed by atoms with van der Waals surface area (Å²) >= 11 is 0. The van der Waals surface area contributed by atoms with Gasteiger partial charge in [0.1, 0.15) is 0 Å². The Labute approximate surface area is 82.9 Å². The molecule has 14 heavy (non-hydrogen) atoms. The summed E-state index contributed by atoms with van der Waals surface area (Å²) in [6.07, 6.45) is 5.30. The van der Waals surface area contributed by atoms with Gasteiger partial charge in [0.15, 0.2) is 0 Å². The molecule has 0 saturated carbocycles. The lowest BCUT2D eigenvalue weighted by atomic mass is 10.1. The first-order valence-corrected chi connectivity index (χ1v) is 4.48. The molecule has 0 amide bonds. The van der Waals surface area contributed by atoms with Crippen LogP contribution in [0.3, 0.4) is 0 Å².